The van der Waals surface area contributed by atoms with Gasteiger partial charge in [0.25, 0.3) is 0 Å². The first kappa shape index (κ1) is 11.0. The Morgan fingerprint density at radius 1 is 1.79 bits per heavy atom. The fourth-order valence-electron chi connectivity index (χ4n) is 0.958. The van der Waals surface area contributed by atoms with Gasteiger partial charge in [0.15, 0.2) is 5.16 Å². The molecule has 0 saturated carbocycles. The number of nitrogens with zero attached hydrogens (tertiary/aromatic N) is 4. The molecule has 6 heteroatoms. The van der Waals surface area contributed by atoms with Gasteiger partial charge in [-0.25, -0.2) is 9.67 Å². The van der Waals surface area contributed by atoms with E-state index in [1.807, 2.05) is 7.05 Å². The lowest BCUT2D eigenvalue weighted by Crippen LogP contribution is -2.23. The molecule has 1 aromatic heterocycles. The summed E-state index contributed by atoms with van der Waals surface area (Å²) >= 11 is 1.61. The SMILES string of the molecule is CNC(C#N)CCSc1ncnn1C. The molecule has 0 radical (unpaired) electrons. The average molecular weight is 211 g/mol. The maximum Gasteiger partial charge on any atom is 0.185 e. The van der Waals surface area contributed by atoms with Crippen LogP contribution in [-0.2, 0) is 7.05 Å². The monoisotopic (exact) mass is 211 g/mol. The summed E-state index contributed by atoms with van der Waals surface area (Å²) in [4.78, 5) is 4.08. The van der Waals surface area contributed by atoms with Crippen LogP contribution in [0.4, 0.5) is 0 Å². The summed E-state index contributed by atoms with van der Waals surface area (Å²) in [5, 5.41) is 16.5. The molecule has 1 rings (SSSR count). The van der Waals surface area contributed by atoms with Gasteiger partial charge in [-0.2, -0.15) is 10.4 Å². The third kappa shape index (κ3) is 3.01. The summed E-state index contributed by atoms with van der Waals surface area (Å²) in [5.41, 5.74) is 0. The van der Waals surface area contributed by atoms with Crippen LogP contribution in [0.15, 0.2) is 11.5 Å². The number of hydrogen-bond acceptors (Lipinski definition) is 5. The van der Waals surface area contributed by atoms with Crippen LogP contribution in [0.5, 0.6) is 0 Å². The van der Waals surface area contributed by atoms with Crippen molar-refractivity contribution >= 4 is 11.8 Å². The minimum Gasteiger partial charge on any atom is -0.305 e. The summed E-state index contributed by atoms with van der Waals surface area (Å²) in [6.45, 7) is 0. The first-order valence-corrected chi connectivity index (χ1v) is 5.30. The second-order valence-electron chi connectivity index (χ2n) is 2.77. The molecule has 0 aliphatic carbocycles. The van der Waals surface area contributed by atoms with Gasteiger partial charge in [-0.05, 0) is 13.5 Å². The first-order valence-electron chi connectivity index (χ1n) is 4.31. The van der Waals surface area contributed by atoms with Crippen molar-refractivity contribution in [1.29, 1.82) is 5.26 Å². The van der Waals surface area contributed by atoms with Crippen molar-refractivity contribution in [1.82, 2.24) is 20.1 Å². The van der Waals surface area contributed by atoms with Gasteiger partial charge >= 0.3 is 0 Å². The minimum absolute atomic E-state index is 0.0734. The van der Waals surface area contributed by atoms with E-state index in [-0.39, 0.29) is 6.04 Å². The van der Waals surface area contributed by atoms with Crippen LogP contribution in [0.1, 0.15) is 6.42 Å². The van der Waals surface area contributed by atoms with Crippen LogP contribution in [0, 0.1) is 11.3 Å². The molecule has 1 atom stereocenters. The maximum atomic E-state index is 8.68. The molecule has 1 N–H and O–H groups in total. The summed E-state index contributed by atoms with van der Waals surface area (Å²) in [6, 6.07) is 2.11. The number of aromatic nitrogens is 3. The Morgan fingerprint density at radius 2 is 2.57 bits per heavy atom. The summed E-state index contributed by atoms with van der Waals surface area (Å²) in [6.07, 6.45) is 2.34. The molecule has 0 aliphatic rings. The predicted octanol–water partition coefficient (Wildman–Crippen LogP) is 0.409. The van der Waals surface area contributed by atoms with Crippen molar-refractivity contribution in [2.45, 2.75) is 17.6 Å². The largest absolute Gasteiger partial charge is 0.305 e. The molecule has 1 unspecified atom stereocenters. The summed E-state index contributed by atoms with van der Waals surface area (Å²) in [7, 11) is 3.65. The highest BCUT2D eigenvalue weighted by Crippen LogP contribution is 2.14. The van der Waals surface area contributed by atoms with Gasteiger partial charge < -0.3 is 5.32 Å². The molecule has 0 fully saturated rings. The van der Waals surface area contributed by atoms with Crippen LogP contribution in [0.3, 0.4) is 0 Å². The highest BCUT2D eigenvalue weighted by Gasteiger charge is 2.05. The van der Waals surface area contributed by atoms with Crippen LogP contribution in [0.25, 0.3) is 0 Å². The van der Waals surface area contributed by atoms with Gasteiger partial charge in [0.2, 0.25) is 0 Å². The number of nitrogens with one attached hydrogen (secondary N) is 1. The molecule has 0 saturated heterocycles. The molecule has 14 heavy (non-hydrogen) atoms. The quantitative estimate of drug-likeness (QED) is 0.714. The fraction of sp³-hybridized carbons (Fsp3) is 0.625. The third-order valence-electron chi connectivity index (χ3n) is 1.81. The highest BCUT2D eigenvalue weighted by atomic mass is 32.2. The number of hydrogen-bond donors (Lipinski definition) is 1. The summed E-state index contributed by atoms with van der Waals surface area (Å²) in [5.74, 6) is 0.867. The van der Waals surface area contributed by atoms with E-state index in [0.717, 1.165) is 17.3 Å². The van der Waals surface area contributed by atoms with Crippen molar-refractivity contribution in [2.24, 2.45) is 7.05 Å². The average Bonchev–Trinajstić information content (AvgIpc) is 2.59. The molecule has 0 spiro atoms. The Hall–Kier alpha value is -1.06. The molecule has 0 amide bonds. The van der Waals surface area contributed by atoms with Crippen LogP contribution < -0.4 is 5.32 Å². The van der Waals surface area contributed by atoms with E-state index in [4.69, 9.17) is 5.26 Å². The third-order valence-corrected chi connectivity index (χ3v) is 2.88. The summed E-state index contributed by atoms with van der Waals surface area (Å²) < 4.78 is 1.73. The molecule has 0 aromatic carbocycles. The van der Waals surface area contributed by atoms with Crippen molar-refractivity contribution < 1.29 is 0 Å². The van der Waals surface area contributed by atoms with E-state index in [1.54, 1.807) is 23.5 Å². The van der Waals surface area contributed by atoms with E-state index < -0.39 is 0 Å². The Morgan fingerprint density at radius 3 is 3.07 bits per heavy atom. The standard InChI is InChI=1S/C8H13N5S/c1-10-7(5-9)3-4-14-8-11-6-12-13(8)2/h6-7,10H,3-4H2,1-2H3. The van der Waals surface area contributed by atoms with E-state index >= 15 is 0 Å². The van der Waals surface area contributed by atoms with Crippen LogP contribution in [-0.4, -0.2) is 33.6 Å². The Balaban J connectivity index is 2.29. The molecular formula is C8H13N5S. The Labute approximate surface area is 87.5 Å². The lowest BCUT2D eigenvalue weighted by atomic mass is 10.3. The smallest absolute Gasteiger partial charge is 0.185 e. The molecule has 1 aromatic rings. The minimum atomic E-state index is -0.0734. The topological polar surface area (TPSA) is 66.5 Å². The Bertz CT molecular complexity index is 316. The van der Waals surface area contributed by atoms with Gasteiger partial charge in [0.05, 0.1) is 12.1 Å². The number of thioether (sulfide) groups is 1. The van der Waals surface area contributed by atoms with Crippen molar-refractivity contribution in [3.8, 4) is 6.07 Å². The highest BCUT2D eigenvalue weighted by molar-refractivity contribution is 7.99. The predicted molar refractivity (Wildman–Crippen MR) is 54.8 cm³/mol. The van der Waals surface area contributed by atoms with Crippen LogP contribution in [0.2, 0.25) is 0 Å². The molecule has 1 heterocycles. The number of nitriles is 1. The fourth-order valence-corrected chi connectivity index (χ4v) is 1.85. The van der Waals surface area contributed by atoms with Crippen molar-refractivity contribution in [2.75, 3.05) is 12.8 Å². The van der Waals surface area contributed by atoms with Gasteiger partial charge in [-0.1, -0.05) is 11.8 Å². The zero-order valence-corrected chi connectivity index (χ0v) is 9.08. The van der Waals surface area contributed by atoms with Gasteiger partial charge in [0, 0.05) is 12.8 Å². The normalized spacial score (nSPS) is 12.4. The molecule has 5 nitrogen and oxygen atoms in total. The second-order valence-corrected chi connectivity index (χ2v) is 3.84. The van der Waals surface area contributed by atoms with Crippen molar-refractivity contribution in [3.05, 3.63) is 6.33 Å². The lowest BCUT2D eigenvalue weighted by molar-refractivity contribution is 0.658. The van der Waals surface area contributed by atoms with Crippen molar-refractivity contribution in [3.63, 3.8) is 0 Å². The number of rotatable bonds is 5. The molecule has 0 aliphatic heterocycles. The molecule has 0 bridgehead atoms. The number of aryl methyl sites for hydroxylation is 1. The second kappa shape index (κ2) is 5.62. The van der Waals surface area contributed by atoms with E-state index in [2.05, 4.69) is 21.5 Å². The van der Waals surface area contributed by atoms with Gasteiger partial charge in [-0.15, -0.1) is 0 Å². The maximum absolute atomic E-state index is 8.68. The van der Waals surface area contributed by atoms with Gasteiger partial charge in [0.1, 0.15) is 6.33 Å². The van der Waals surface area contributed by atoms with E-state index in [1.165, 1.54) is 6.33 Å². The van der Waals surface area contributed by atoms with Crippen LogP contribution >= 0.6 is 11.8 Å². The van der Waals surface area contributed by atoms with E-state index in [0.29, 0.717) is 0 Å². The molecule has 76 valence electrons. The van der Waals surface area contributed by atoms with E-state index in [9.17, 15) is 0 Å². The van der Waals surface area contributed by atoms with Gasteiger partial charge in [-0.3, -0.25) is 0 Å². The zero-order valence-electron chi connectivity index (χ0n) is 8.27. The Kier molecular flexibility index (Phi) is 4.43. The molecular weight excluding hydrogens is 198 g/mol. The zero-order chi connectivity index (χ0) is 10.4. The lowest BCUT2D eigenvalue weighted by Gasteiger charge is -2.05. The first-order chi connectivity index (χ1) is 6.77.